The van der Waals surface area contributed by atoms with E-state index in [-0.39, 0.29) is 18.5 Å². The molecule has 1 saturated carbocycles. The Morgan fingerprint density at radius 2 is 1.73 bits per heavy atom. The van der Waals surface area contributed by atoms with E-state index in [9.17, 15) is 31.1 Å². The highest BCUT2D eigenvalue weighted by molar-refractivity contribution is 5.94. The summed E-state index contributed by atoms with van der Waals surface area (Å²) in [6.07, 6.45) is 3.91. The minimum atomic E-state index is -5.08. The highest BCUT2D eigenvalue weighted by Gasteiger charge is 2.38. The number of carbonyl (C=O) groups is 2. The maximum Gasteiger partial charge on any atom is 0.490 e. The van der Waals surface area contributed by atoms with Crippen LogP contribution in [0.25, 0.3) is 16.6 Å². The molecule has 1 aliphatic rings. The Kier molecular flexibility index (Phi) is 8.54. The fourth-order valence-electron chi connectivity index (χ4n) is 4.47. The minimum absolute atomic E-state index is 0.159. The van der Waals surface area contributed by atoms with E-state index in [2.05, 4.69) is 10.4 Å². The average Bonchev–Trinajstić information content (AvgIpc) is 3.63. The van der Waals surface area contributed by atoms with Gasteiger partial charge < -0.3 is 15.5 Å². The molecule has 0 radical (unpaired) electrons. The summed E-state index contributed by atoms with van der Waals surface area (Å²) in [5.74, 6) is -9.66. The molecular weight excluding hydrogens is 560 g/mol. The number of alkyl halides is 3. The summed E-state index contributed by atoms with van der Waals surface area (Å²) in [7, 11) is 0. The summed E-state index contributed by atoms with van der Waals surface area (Å²) in [5.41, 5.74) is 1.06. The van der Waals surface area contributed by atoms with Gasteiger partial charge in [0.1, 0.15) is 0 Å². The van der Waals surface area contributed by atoms with E-state index in [1.807, 2.05) is 41.3 Å². The molecule has 0 atom stereocenters. The number of carbonyl (C=O) groups excluding carboxylic acids is 1. The van der Waals surface area contributed by atoms with E-state index in [0.717, 1.165) is 42.3 Å². The number of aliphatic carboxylic acids is 1. The lowest BCUT2D eigenvalue weighted by molar-refractivity contribution is -0.192. The number of nitrogens with zero attached hydrogens (tertiary/aromatic N) is 4. The molecule has 0 aliphatic heterocycles. The van der Waals surface area contributed by atoms with Crippen LogP contribution in [0.2, 0.25) is 0 Å². The van der Waals surface area contributed by atoms with Crippen LogP contribution in [0.15, 0.2) is 48.9 Å². The third kappa shape index (κ3) is 6.78. The highest BCUT2D eigenvalue weighted by Crippen LogP contribution is 2.33. The fraction of sp³-hybridized carbons (Fsp3) is 0.308. The molecule has 41 heavy (non-hydrogen) atoms. The summed E-state index contributed by atoms with van der Waals surface area (Å²) < 4.78 is 76.4. The lowest BCUT2D eigenvalue weighted by atomic mass is 9.86. The molecule has 1 fully saturated rings. The van der Waals surface area contributed by atoms with E-state index in [0.29, 0.717) is 6.07 Å². The standard InChI is InChI=1S/C24H22F3N5O2.C2HF3O2/c25-19-11-18(21(26)22(27)23(19)33)24(34)28-12-14-2-5-16(6-3-14)32-13-15-4-7-17(10-20(15)30-32)31-9-1-8-29-31;3-2(4,5)1(6)7/h1,4,7-11,13-14,16,33H,2-3,5-6,12H2,(H,28,34);(H,6,7). The normalized spacial score (nSPS) is 17.1. The average molecular weight is 583 g/mol. The first kappa shape index (κ1) is 29.4. The van der Waals surface area contributed by atoms with Gasteiger partial charge in [0, 0.05) is 30.5 Å². The third-order valence-electron chi connectivity index (χ3n) is 6.64. The third-order valence-corrected chi connectivity index (χ3v) is 6.64. The molecule has 218 valence electrons. The number of halogens is 6. The summed E-state index contributed by atoms with van der Waals surface area (Å²) in [4.78, 5) is 21.1. The Bertz CT molecular complexity index is 1550. The number of phenolic OH excluding ortho intramolecular Hbond substituents is 1. The van der Waals surface area contributed by atoms with Crippen LogP contribution in [0.1, 0.15) is 42.1 Å². The number of hydrogen-bond donors (Lipinski definition) is 3. The number of nitrogens with one attached hydrogen (secondary N) is 1. The molecule has 5 rings (SSSR count). The zero-order valence-corrected chi connectivity index (χ0v) is 21.1. The molecule has 15 heteroatoms. The van der Waals surface area contributed by atoms with Crippen LogP contribution in [0.4, 0.5) is 26.3 Å². The van der Waals surface area contributed by atoms with Crippen molar-refractivity contribution >= 4 is 22.8 Å². The van der Waals surface area contributed by atoms with Gasteiger partial charge in [-0.25, -0.2) is 18.3 Å². The molecule has 9 nitrogen and oxygen atoms in total. The molecule has 0 bridgehead atoms. The number of carboxylic acid groups (broad SMARTS) is 1. The van der Waals surface area contributed by atoms with Gasteiger partial charge in [0.2, 0.25) is 5.82 Å². The number of fused-ring (bicyclic) bond motifs is 1. The Morgan fingerprint density at radius 1 is 1.05 bits per heavy atom. The van der Waals surface area contributed by atoms with Crippen LogP contribution in [0.5, 0.6) is 5.75 Å². The molecule has 2 heterocycles. The van der Waals surface area contributed by atoms with Gasteiger partial charge in [-0.05, 0) is 61.9 Å². The number of benzene rings is 2. The number of hydrogen-bond acceptors (Lipinski definition) is 5. The molecule has 2 aromatic heterocycles. The van der Waals surface area contributed by atoms with Gasteiger partial charge in [-0.3, -0.25) is 9.48 Å². The van der Waals surface area contributed by atoms with Crippen molar-refractivity contribution in [1.29, 1.82) is 0 Å². The number of phenols is 1. The van der Waals surface area contributed by atoms with Gasteiger partial charge in [-0.2, -0.15) is 27.8 Å². The quantitative estimate of drug-likeness (QED) is 0.221. The van der Waals surface area contributed by atoms with Crippen LogP contribution >= 0.6 is 0 Å². The molecule has 0 spiro atoms. The molecule has 1 amide bonds. The number of aromatic hydroxyl groups is 1. The molecule has 0 saturated heterocycles. The lowest BCUT2D eigenvalue weighted by Gasteiger charge is -2.28. The van der Waals surface area contributed by atoms with Crippen molar-refractivity contribution in [2.45, 2.75) is 37.9 Å². The molecule has 4 aromatic rings. The summed E-state index contributed by atoms with van der Waals surface area (Å²) in [5, 5.41) is 28.8. The van der Waals surface area contributed by atoms with Gasteiger partial charge in [0.05, 0.1) is 22.8 Å². The van der Waals surface area contributed by atoms with Crippen molar-refractivity contribution in [3.8, 4) is 11.4 Å². The fourth-order valence-corrected chi connectivity index (χ4v) is 4.47. The van der Waals surface area contributed by atoms with E-state index in [1.54, 1.807) is 10.9 Å². The number of amides is 1. The second-order valence-electron chi connectivity index (χ2n) is 9.37. The summed E-state index contributed by atoms with van der Waals surface area (Å²) >= 11 is 0. The Hall–Kier alpha value is -4.56. The maximum absolute atomic E-state index is 13.9. The largest absolute Gasteiger partial charge is 0.503 e. The van der Waals surface area contributed by atoms with E-state index in [1.165, 1.54) is 0 Å². The first-order valence-corrected chi connectivity index (χ1v) is 12.3. The first-order valence-electron chi connectivity index (χ1n) is 12.3. The highest BCUT2D eigenvalue weighted by atomic mass is 19.4. The monoisotopic (exact) mass is 583 g/mol. The topological polar surface area (TPSA) is 122 Å². The minimum Gasteiger partial charge on any atom is -0.503 e. The van der Waals surface area contributed by atoms with E-state index >= 15 is 0 Å². The SMILES string of the molecule is O=C(NCC1CCC(n2cc3ccc(-n4cccn4)cc3n2)CC1)c1cc(F)c(O)c(F)c1F.O=C(O)C(F)(F)F. The predicted octanol–water partition coefficient (Wildman–Crippen LogP) is 5.14. The Morgan fingerprint density at radius 3 is 2.34 bits per heavy atom. The zero-order valence-electron chi connectivity index (χ0n) is 21.1. The van der Waals surface area contributed by atoms with Crippen molar-refractivity contribution in [3.63, 3.8) is 0 Å². The number of rotatable bonds is 5. The van der Waals surface area contributed by atoms with Gasteiger partial charge in [-0.1, -0.05) is 0 Å². The molecule has 0 unspecified atom stereocenters. The molecular formula is C26H23F6N5O4. The molecule has 2 aromatic carbocycles. The van der Waals surface area contributed by atoms with Crippen LogP contribution in [0.3, 0.4) is 0 Å². The van der Waals surface area contributed by atoms with E-state index < -0.39 is 46.8 Å². The smallest absolute Gasteiger partial charge is 0.490 e. The van der Waals surface area contributed by atoms with Crippen molar-refractivity contribution in [1.82, 2.24) is 24.9 Å². The Labute approximate surface area is 228 Å². The molecule has 3 N–H and O–H groups in total. The van der Waals surface area contributed by atoms with E-state index in [4.69, 9.17) is 20.1 Å². The van der Waals surface area contributed by atoms with Crippen LogP contribution in [-0.4, -0.2) is 54.4 Å². The van der Waals surface area contributed by atoms with Crippen LogP contribution in [0, 0.1) is 23.4 Å². The second-order valence-corrected chi connectivity index (χ2v) is 9.37. The number of aromatic nitrogens is 4. The van der Waals surface area contributed by atoms with Gasteiger partial charge in [0.15, 0.2) is 17.4 Å². The van der Waals surface area contributed by atoms with Gasteiger partial charge in [-0.15, -0.1) is 0 Å². The summed E-state index contributed by atoms with van der Waals surface area (Å²) in [6, 6.07) is 8.60. The Balaban J connectivity index is 0.000000493. The molecule has 1 aliphatic carbocycles. The first-order chi connectivity index (χ1) is 19.3. The van der Waals surface area contributed by atoms with Crippen molar-refractivity contribution in [2.75, 3.05) is 6.54 Å². The number of carboxylic acids is 1. The van der Waals surface area contributed by atoms with Crippen molar-refractivity contribution in [2.24, 2.45) is 5.92 Å². The van der Waals surface area contributed by atoms with Crippen LogP contribution < -0.4 is 5.32 Å². The van der Waals surface area contributed by atoms with Crippen LogP contribution in [-0.2, 0) is 4.79 Å². The van der Waals surface area contributed by atoms with Crippen molar-refractivity contribution in [3.05, 3.63) is 71.9 Å². The maximum atomic E-state index is 13.9. The second kappa shape index (κ2) is 11.9. The van der Waals surface area contributed by atoms with Gasteiger partial charge in [0.25, 0.3) is 5.91 Å². The summed E-state index contributed by atoms with van der Waals surface area (Å²) in [6.45, 7) is 0.267. The predicted molar refractivity (Wildman–Crippen MR) is 132 cm³/mol. The zero-order chi connectivity index (χ0) is 29.9. The van der Waals surface area contributed by atoms with Gasteiger partial charge >= 0.3 is 12.1 Å². The van der Waals surface area contributed by atoms with Crippen molar-refractivity contribution < 1.29 is 46.1 Å². The lowest BCUT2D eigenvalue weighted by Crippen LogP contribution is -2.32.